The van der Waals surface area contributed by atoms with Gasteiger partial charge in [0.25, 0.3) is 11.8 Å². The van der Waals surface area contributed by atoms with Crippen molar-refractivity contribution in [2.45, 2.75) is 208 Å². The van der Waals surface area contributed by atoms with E-state index >= 15 is 0 Å². The number of hydrogen-bond acceptors (Lipinski definition) is 18. The van der Waals surface area contributed by atoms with Crippen LogP contribution in [-0.2, 0) is 57.2 Å². The van der Waals surface area contributed by atoms with E-state index in [2.05, 4.69) is 114 Å². The first-order valence-corrected chi connectivity index (χ1v) is 41.8. The van der Waals surface area contributed by atoms with Crippen molar-refractivity contribution in [3.63, 3.8) is 0 Å². The summed E-state index contributed by atoms with van der Waals surface area (Å²) in [5, 5.41) is 10.0. The zero-order valence-corrected chi connectivity index (χ0v) is 67.9. The molecule has 4 aliphatic heterocycles. The fourth-order valence-electron chi connectivity index (χ4n) is 11.9. The predicted octanol–water partition coefficient (Wildman–Crippen LogP) is 14.3. The fourth-order valence-corrected chi connectivity index (χ4v) is 14.3. The van der Waals surface area contributed by atoms with Gasteiger partial charge in [0.15, 0.2) is 52.1 Å². The predicted molar refractivity (Wildman–Crippen MR) is 416 cm³/mol. The van der Waals surface area contributed by atoms with Gasteiger partial charge in [-0.2, -0.15) is 0 Å². The van der Waals surface area contributed by atoms with Crippen LogP contribution in [0.1, 0.15) is 153 Å². The summed E-state index contributed by atoms with van der Waals surface area (Å²) in [6.07, 6.45) is 2.30. The number of nitrogens with zero attached hydrogens (tertiary/aromatic N) is 4. The zero-order chi connectivity index (χ0) is 79.7. The van der Waals surface area contributed by atoms with Gasteiger partial charge < -0.3 is 77.8 Å². The molecule has 26 nitrogen and oxygen atoms in total. The first-order chi connectivity index (χ1) is 50.6. The van der Waals surface area contributed by atoms with E-state index in [1.807, 2.05) is 19.9 Å². The molecule has 0 spiro atoms. The standard InChI is InChI=1S/C80H106N8O18Si2/c1-23-32-99-76(95)87-59-41-65(63(97-17)39-57(59)70(91)85-43-49(5)34-61(85)72(87)105-107(19,20)79(11,12)13)101-46-54-36-53(26-25-31-81-74(93)103-45-52-27-29-56(30-28-52)83-68(89)51(7)82-69(90)67(48(3)4)84-75(94)104-78(8,9)10)37-55(38-54)47-102-66-42-60-58(40-64(66)98-18)71(92)86-44-50(6)35-62(86)73(88(60)77(96)100-33-24-2)106-108(21,22)80(14,15)16/h23-24,27-30,36-44,48,51,61-62,67,72-73H,1-2,31-35,45-47H2,3-22H3,(H,81,93)(H,82,90)(H,83,89)(H,84,94)/t51-,61-,62-,67-,72-,73-/m0/s1. The Kier molecular flexibility index (Phi) is 26.6. The number of ether oxygens (including phenoxy) is 8. The van der Waals surface area contributed by atoms with Gasteiger partial charge in [-0.15, -0.1) is 0 Å². The number of methoxy groups -OCH3 is 2. The minimum Gasteiger partial charge on any atom is -0.493 e. The second-order valence-electron chi connectivity index (χ2n) is 31.6. The molecule has 0 saturated carbocycles. The van der Waals surface area contributed by atoms with Gasteiger partial charge >= 0.3 is 24.4 Å². The Morgan fingerprint density at radius 3 is 1.47 bits per heavy atom. The van der Waals surface area contributed by atoms with Crippen LogP contribution in [0.25, 0.3) is 0 Å². The van der Waals surface area contributed by atoms with Crippen molar-refractivity contribution in [1.29, 1.82) is 0 Å². The number of carbonyl (C=O) groups is 8. The van der Waals surface area contributed by atoms with Crippen LogP contribution in [0.3, 0.4) is 0 Å². The van der Waals surface area contributed by atoms with Crippen LogP contribution in [-0.4, -0.2) is 151 Å². The molecule has 8 amide bonds. The van der Waals surface area contributed by atoms with Gasteiger partial charge in [-0.3, -0.25) is 19.2 Å². The van der Waals surface area contributed by atoms with E-state index in [-0.39, 0.29) is 113 Å². The molecule has 4 aromatic carbocycles. The van der Waals surface area contributed by atoms with Gasteiger partial charge in [0, 0.05) is 35.8 Å². The van der Waals surface area contributed by atoms with Crippen LogP contribution in [0.15, 0.2) is 116 Å². The first-order valence-electron chi connectivity index (χ1n) is 36.0. The summed E-state index contributed by atoms with van der Waals surface area (Å²) in [6, 6.07) is 15.0. The Labute approximate surface area is 636 Å². The Balaban J connectivity index is 1.09. The maximum Gasteiger partial charge on any atom is 0.416 e. The average molecular weight is 1520 g/mol. The van der Waals surface area contributed by atoms with Crippen LogP contribution in [0, 0.1) is 17.8 Å². The van der Waals surface area contributed by atoms with Crippen LogP contribution < -0.4 is 50.0 Å². The third-order valence-electron chi connectivity index (χ3n) is 19.5. The molecule has 0 bridgehead atoms. The number of amides is 8. The second-order valence-corrected chi connectivity index (χ2v) is 41.1. The van der Waals surface area contributed by atoms with Gasteiger partial charge in [0.05, 0.1) is 55.3 Å². The lowest BCUT2D eigenvalue weighted by Gasteiger charge is -2.44. The summed E-state index contributed by atoms with van der Waals surface area (Å²) in [4.78, 5) is 117. The molecule has 4 N–H and O–H groups in total. The number of nitrogens with one attached hydrogen (secondary N) is 4. The van der Waals surface area contributed by atoms with Crippen molar-refractivity contribution in [1.82, 2.24) is 25.8 Å². The summed E-state index contributed by atoms with van der Waals surface area (Å²) < 4.78 is 62.1. The van der Waals surface area contributed by atoms with E-state index in [4.69, 9.17) is 46.7 Å². The lowest BCUT2D eigenvalue weighted by Crippen LogP contribution is -2.57. The van der Waals surface area contributed by atoms with Crippen molar-refractivity contribution in [2.24, 2.45) is 5.92 Å². The third-order valence-corrected chi connectivity index (χ3v) is 28.4. The van der Waals surface area contributed by atoms with Gasteiger partial charge in [-0.05, 0) is 156 Å². The van der Waals surface area contributed by atoms with Crippen molar-refractivity contribution < 1.29 is 85.1 Å². The van der Waals surface area contributed by atoms with E-state index in [0.29, 0.717) is 40.8 Å². The highest BCUT2D eigenvalue weighted by Gasteiger charge is 2.53. The molecule has 582 valence electrons. The van der Waals surface area contributed by atoms with Crippen molar-refractivity contribution in [3.8, 4) is 34.8 Å². The molecule has 0 aliphatic carbocycles. The summed E-state index contributed by atoms with van der Waals surface area (Å²) in [5.41, 5.74) is 4.28. The number of benzene rings is 4. The Morgan fingerprint density at radius 2 is 1.06 bits per heavy atom. The Morgan fingerprint density at radius 1 is 0.593 bits per heavy atom. The third kappa shape index (κ3) is 20.2. The summed E-state index contributed by atoms with van der Waals surface area (Å²) >= 11 is 0. The molecular formula is C80H106N8O18Si2. The molecule has 108 heavy (non-hydrogen) atoms. The van der Waals surface area contributed by atoms with E-state index in [9.17, 15) is 38.4 Å². The monoisotopic (exact) mass is 1520 g/mol. The van der Waals surface area contributed by atoms with E-state index in [1.165, 1.54) is 43.1 Å². The highest BCUT2D eigenvalue weighted by Crippen LogP contribution is 2.48. The summed E-state index contributed by atoms with van der Waals surface area (Å²) in [6.45, 7) is 41.6. The topological polar surface area (TPSA) is 290 Å². The highest BCUT2D eigenvalue weighted by molar-refractivity contribution is 6.74. The number of fused-ring (bicyclic) bond motifs is 4. The summed E-state index contributed by atoms with van der Waals surface area (Å²) in [7, 11) is -2.53. The van der Waals surface area contributed by atoms with Gasteiger partial charge in [-0.1, -0.05) is 116 Å². The zero-order valence-electron chi connectivity index (χ0n) is 65.9. The van der Waals surface area contributed by atoms with E-state index < -0.39 is 95.0 Å². The van der Waals surface area contributed by atoms with Gasteiger partial charge in [0.1, 0.15) is 50.7 Å². The van der Waals surface area contributed by atoms with E-state index in [1.54, 1.807) is 117 Å². The molecule has 8 rings (SSSR count). The molecule has 0 fully saturated rings. The minimum absolute atomic E-state index is 0.124. The lowest BCUT2D eigenvalue weighted by atomic mass is 10.0. The summed E-state index contributed by atoms with van der Waals surface area (Å²) in [5.74, 6) is 4.68. The maximum absolute atomic E-state index is 14.9. The molecule has 0 radical (unpaired) electrons. The quantitative estimate of drug-likeness (QED) is 0.0207. The van der Waals surface area contributed by atoms with Crippen LogP contribution in [0.5, 0.6) is 23.0 Å². The van der Waals surface area contributed by atoms with Crippen molar-refractivity contribution in [3.05, 3.63) is 149 Å². The largest absolute Gasteiger partial charge is 0.493 e. The van der Waals surface area contributed by atoms with Crippen molar-refractivity contribution in [2.75, 3.05) is 49.1 Å². The molecule has 28 heteroatoms. The number of rotatable bonds is 25. The van der Waals surface area contributed by atoms with Gasteiger partial charge in [-0.25, -0.2) is 29.0 Å². The van der Waals surface area contributed by atoms with Crippen LogP contribution >= 0.6 is 0 Å². The van der Waals surface area contributed by atoms with Crippen LogP contribution in [0.4, 0.5) is 36.2 Å². The maximum atomic E-state index is 14.9. The number of carbonyl (C=O) groups excluding carboxylic acids is 8. The Hall–Kier alpha value is -10.1. The highest BCUT2D eigenvalue weighted by atomic mass is 28.4. The second kappa shape index (κ2) is 34.4. The molecule has 4 heterocycles. The molecular weight excluding hydrogens is 1420 g/mol. The average Bonchev–Trinajstić information content (AvgIpc) is 1.58. The van der Waals surface area contributed by atoms with Crippen LogP contribution in [0.2, 0.25) is 36.3 Å². The normalized spacial score (nSPS) is 17.6. The molecule has 6 atom stereocenters. The van der Waals surface area contributed by atoms with Crippen molar-refractivity contribution >= 4 is 81.7 Å². The number of hydrogen-bond donors (Lipinski definition) is 4. The molecule has 0 aromatic heterocycles. The molecule has 4 aromatic rings. The number of anilines is 3. The minimum atomic E-state index is -2.71. The molecule has 0 unspecified atom stereocenters. The lowest BCUT2D eigenvalue weighted by molar-refractivity contribution is -0.128. The van der Waals surface area contributed by atoms with Gasteiger partial charge in [0.2, 0.25) is 11.8 Å². The fraction of sp³-hybridized carbons (Fsp3) is 0.475. The smallest absolute Gasteiger partial charge is 0.416 e. The number of alkyl carbamates (subject to hydrolysis) is 2. The Bertz CT molecular complexity index is 4030. The SMILES string of the molecule is C=CCOC(=O)N1c2cc(OCc3cc(C#CCNC(=O)OCc4ccc(NC(=O)[C@H](C)NC(=O)[C@@H](NC(=O)OC(C)(C)C)C(C)C)cc4)cc(COc4cc5c(cc4OC)C(=O)N4C=C(C)C[C@H]4[C@H](O[Si](C)(C)C(C)(C)C)N5C(=O)OCC=C)c3)c(OC)cc2C(=O)N2C=C(C)C[C@H]2[C@@H]1O[Si](C)(C)C(C)(C)C. The molecule has 4 aliphatic rings. The first kappa shape index (κ1) is 83.6. The molecule has 0 saturated heterocycles. The van der Waals surface area contributed by atoms with E-state index in [0.717, 1.165) is 11.1 Å².